The highest BCUT2D eigenvalue weighted by molar-refractivity contribution is 6.05. The van der Waals surface area contributed by atoms with E-state index < -0.39 is 29.8 Å². The van der Waals surface area contributed by atoms with Gasteiger partial charge in [-0.1, -0.05) is 42.5 Å². The van der Waals surface area contributed by atoms with Crippen molar-refractivity contribution >= 4 is 23.8 Å². The van der Waals surface area contributed by atoms with Crippen LogP contribution in [0.2, 0.25) is 0 Å². The number of halogens is 1. The highest BCUT2D eigenvalue weighted by Gasteiger charge is 2.40. The lowest BCUT2D eigenvalue weighted by Crippen LogP contribution is -2.52. The average Bonchev–Trinajstić information content (AvgIpc) is 3.15. The highest BCUT2D eigenvalue weighted by atomic mass is 19.1. The van der Waals surface area contributed by atoms with Crippen molar-refractivity contribution in [1.29, 1.82) is 0 Å². The van der Waals surface area contributed by atoms with E-state index in [-0.39, 0.29) is 43.0 Å². The quantitative estimate of drug-likeness (QED) is 0.620. The van der Waals surface area contributed by atoms with Crippen molar-refractivity contribution in [2.75, 3.05) is 6.61 Å². The maximum absolute atomic E-state index is 15.2. The molecule has 0 bridgehead atoms. The molecule has 2 heterocycles. The molecule has 5 rings (SSSR count). The highest BCUT2D eigenvalue weighted by Crippen LogP contribution is 2.41. The van der Waals surface area contributed by atoms with Crippen molar-refractivity contribution in [3.63, 3.8) is 0 Å². The Kier molecular flexibility index (Phi) is 6.23. The molecule has 0 aromatic heterocycles. The normalized spacial score (nSPS) is 23.4. The van der Waals surface area contributed by atoms with E-state index in [1.165, 1.54) is 16.5 Å². The molecule has 2 fully saturated rings. The molecule has 1 atom stereocenters. The van der Waals surface area contributed by atoms with E-state index in [1.807, 2.05) is 18.2 Å². The van der Waals surface area contributed by atoms with Crippen LogP contribution in [0, 0.1) is 11.7 Å². The molecule has 9 heteroatoms. The summed E-state index contributed by atoms with van der Waals surface area (Å²) in [5.41, 5.74) is 1.84. The lowest BCUT2D eigenvalue weighted by molar-refractivity contribution is -0.136. The van der Waals surface area contributed by atoms with E-state index in [0.29, 0.717) is 24.0 Å². The number of fused-ring (bicyclic) bond motifs is 1. The third kappa shape index (κ3) is 4.62. The number of benzene rings is 2. The van der Waals surface area contributed by atoms with Gasteiger partial charge in [0.15, 0.2) is 0 Å². The average molecular weight is 480 g/mol. The van der Waals surface area contributed by atoms with Gasteiger partial charge in [-0.3, -0.25) is 19.7 Å². The first-order valence-electron chi connectivity index (χ1n) is 11.8. The lowest BCUT2D eigenvalue weighted by Gasteiger charge is -2.35. The molecule has 0 radical (unpaired) electrons. The Morgan fingerprint density at radius 2 is 1.89 bits per heavy atom. The maximum Gasteiger partial charge on any atom is 0.407 e. The molecule has 1 saturated carbocycles. The standard InChI is InChI=1S/C26H26FN3O5/c27-23-17(12-28-26(34)35-14-15-10-19(11-15)16-4-2-1-3-5-16)6-7-18-13-30(25(33)22(18)23)20-8-9-21(31)29-24(20)32/h1-7,15,19-20H,8-14H2,(H,28,34)(H,29,31,32). The Morgan fingerprint density at radius 1 is 1.11 bits per heavy atom. The van der Waals surface area contributed by atoms with Crippen LogP contribution in [0.25, 0.3) is 0 Å². The van der Waals surface area contributed by atoms with Crippen LogP contribution >= 0.6 is 0 Å². The van der Waals surface area contributed by atoms with E-state index in [2.05, 4.69) is 22.8 Å². The van der Waals surface area contributed by atoms with Crippen molar-refractivity contribution < 1.29 is 28.3 Å². The van der Waals surface area contributed by atoms with Gasteiger partial charge in [0.2, 0.25) is 11.8 Å². The number of hydrogen-bond acceptors (Lipinski definition) is 5. The predicted octanol–water partition coefficient (Wildman–Crippen LogP) is 3.01. The molecule has 4 amide bonds. The van der Waals surface area contributed by atoms with Gasteiger partial charge in [-0.05, 0) is 42.2 Å². The molecule has 2 aromatic rings. The van der Waals surface area contributed by atoms with Crippen molar-refractivity contribution in [3.05, 3.63) is 70.5 Å². The molecule has 2 aromatic carbocycles. The summed E-state index contributed by atoms with van der Waals surface area (Å²) in [6.45, 7) is 0.278. The fourth-order valence-electron chi connectivity index (χ4n) is 5.07. The van der Waals surface area contributed by atoms with E-state index in [1.54, 1.807) is 6.07 Å². The summed E-state index contributed by atoms with van der Waals surface area (Å²) in [6.07, 6.45) is 1.62. The molecule has 1 unspecified atom stereocenters. The largest absolute Gasteiger partial charge is 0.449 e. The fourth-order valence-corrected chi connectivity index (χ4v) is 5.07. The van der Waals surface area contributed by atoms with E-state index in [9.17, 15) is 19.2 Å². The molecular weight excluding hydrogens is 453 g/mol. The zero-order chi connectivity index (χ0) is 24.5. The Morgan fingerprint density at radius 3 is 2.63 bits per heavy atom. The number of hydrogen-bond donors (Lipinski definition) is 2. The second kappa shape index (κ2) is 9.48. The van der Waals surface area contributed by atoms with Gasteiger partial charge in [-0.25, -0.2) is 9.18 Å². The number of ether oxygens (including phenoxy) is 1. The van der Waals surface area contributed by atoms with Crippen LogP contribution in [0.3, 0.4) is 0 Å². The Bertz CT molecular complexity index is 1180. The van der Waals surface area contributed by atoms with Crippen LogP contribution in [0.15, 0.2) is 42.5 Å². The summed E-state index contributed by atoms with van der Waals surface area (Å²) in [6, 6.07) is 12.6. The van der Waals surface area contributed by atoms with E-state index in [4.69, 9.17) is 4.74 Å². The van der Waals surface area contributed by atoms with E-state index >= 15 is 4.39 Å². The Labute approximate surface area is 201 Å². The van der Waals surface area contributed by atoms with Crippen LogP contribution in [0.4, 0.5) is 9.18 Å². The molecule has 2 N–H and O–H groups in total. The number of nitrogens with one attached hydrogen (secondary N) is 2. The number of carbonyl (C=O) groups excluding carboxylic acids is 4. The van der Waals surface area contributed by atoms with Gasteiger partial charge in [0.05, 0.1) is 12.2 Å². The fraction of sp³-hybridized carbons (Fsp3) is 0.385. The van der Waals surface area contributed by atoms with Crippen LogP contribution in [0.5, 0.6) is 0 Å². The second-order valence-corrected chi connectivity index (χ2v) is 9.37. The van der Waals surface area contributed by atoms with Gasteiger partial charge >= 0.3 is 6.09 Å². The topological polar surface area (TPSA) is 105 Å². The number of amides is 4. The molecular formula is C26H26FN3O5. The number of imide groups is 1. The second-order valence-electron chi connectivity index (χ2n) is 9.37. The summed E-state index contributed by atoms with van der Waals surface area (Å²) < 4.78 is 20.5. The molecule has 0 spiro atoms. The molecule has 8 nitrogen and oxygen atoms in total. The SMILES string of the molecule is O=C1CCC(N2Cc3ccc(CNC(=O)OCC4CC(c5ccccc5)C4)c(F)c3C2=O)C(=O)N1. The third-order valence-electron chi connectivity index (χ3n) is 7.09. The lowest BCUT2D eigenvalue weighted by atomic mass is 9.72. The van der Waals surface area contributed by atoms with Gasteiger partial charge in [0.25, 0.3) is 5.91 Å². The first kappa shape index (κ1) is 23.0. The minimum atomic E-state index is -0.809. The summed E-state index contributed by atoms with van der Waals surface area (Å²) in [4.78, 5) is 49.9. The van der Waals surface area contributed by atoms with Gasteiger partial charge in [0.1, 0.15) is 11.9 Å². The minimum Gasteiger partial charge on any atom is -0.449 e. The van der Waals surface area contributed by atoms with Crippen molar-refractivity contribution in [2.45, 2.75) is 50.7 Å². The summed E-state index contributed by atoms with van der Waals surface area (Å²) in [7, 11) is 0. The van der Waals surface area contributed by atoms with Gasteiger partial charge in [-0.2, -0.15) is 0 Å². The number of piperidine rings is 1. The molecule has 3 aliphatic rings. The van der Waals surface area contributed by atoms with Crippen molar-refractivity contribution in [1.82, 2.24) is 15.5 Å². The Hall–Kier alpha value is -3.75. The monoisotopic (exact) mass is 479 g/mol. The zero-order valence-electron chi connectivity index (χ0n) is 19.1. The van der Waals surface area contributed by atoms with Crippen LogP contribution in [0.1, 0.15) is 58.6 Å². The van der Waals surface area contributed by atoms with Crippen molar-refractivity contribution in [3.8, 4) is 0 Å². The Balaban J connectivity index is 1.12. The first-order chi connectivity index (χ1) is 16.9. The smallest absolute Gasteiger partial charge is 0.407 e. The molecule has 1 aliphatic carbocycles. The minimum absolute atomic E-state index is 0.0937. The third-order valence-corrected chi connectivity index (χ3v) is 7.09. The zero-order valence-corrected chi connectivity index (χ0v) is 19.1. The predicted molar refractivity (Wildman–Crippen MR) is 123 cm³/mol. The van der Waals surface area contributed by atoms with Crippen LogP contribution < -0.4 is 10.6 Å². The molecule has 35 heavy (non-hydrogen) atoms. The maximum atomic E-state index is 15.2. The number of rotatable bonds is 6. The van der Waals surface area contributed by atoms with Gasteiger partial charge in [-0.15, -0.1) is 0 Å². The number of carbonyl (C=O) groups is 4. The molecule has 182 valence electrons. The summed E-state index contributed by atoms with van der Waals surface area (Å²) >= 11 is 0. The van der Waals surface area contributed by atoms with Crippen molar-refractivity contribution in [2.24, 2.45) is 5.92 Å². The molecule has 2 aliphatic heterocycles. The number of alkyl carbamates (subject to hydrolysis) is 1. The summed E-state index contributed by atoms with van der Waals surface area (Å²) in [5, 5.41) is 4.78. The van der Waals surface area contributed by atoms with Gasteiger partial charge in [0, 0.05) is 25.1 Å². The summed E-state index contributed by atoms with van der Waals surface area (Å²) in [5.74, 6) is -1.44. The van der Waals surface area contributed by atoms with Gasteiger partial charge < -0.3 is 15.0 Å². The van der Waals surface area contributed by atoms with E-state index in [0.717, 1.165) is 12.8 Å². The number of nitrogens with zero attached hydrogens (tertiary/aromatic N) is 1. The van der Waals surface area contributed by atoms with Crippen LogP contribution in [-0.4, -0.2) is 41.4 Å². The van der Waals surface area contributed by atoms with Crippen LogP contribution in [-0.2, 0) is 27.4 Å². The molecule has 1 saturated heterocycles. The first-order valence-corrected chi connectivity index (χ1v) is 11.8.